The minimum Gasteiger partial charge on any atom is -0.756 e. The highest BCUT2D eigenvalue weighted by Crippen LogP contribution is 2.38. The molecular formula is C37H74NO7P. The van der Waals surface area contributed by atoms with Crippen LogP contribution in [-0.4, -0.2) is 64.1 Å². The Morgan fingerprint density at radius 2 is 1.13 bits per heavy atom. The van der Waals surface area contributed by atoms with Gasteiger partial charge in [0.2, 0.25) is 0 Å². The van der Waals surface area contributed by atoms with Gasteiger partial charge in [-0.15, -0.1) is 0 Å². The van der Waals surface area contributed by atoms with Crippen molar-refractivity contribution in [3.05, 3.63) is 12.3 Å². The Balaban J connectivity index is 4.34. The molecule has 0 fully saturated rings. The molecule has 0 aliphatic carbocycles. The number of esters is 1. The number of hydrogen-bond donors (Lipinski definition) is 0. The van der Waals surface area contributed by atoms with Crippen LogP contribution in [0, 0.1) is 0 Å². The summed E-state index contributed by atoms with van der Waals surface area (Å²) in [5.41, 5.74) is 0. The molecule has 9 heteroatoms. The predicted molar refractivity (Wildman–Crippen MR) is 190 cm³/mol. The maximum atomic E-state index is 12.5. The molecule has 0 aliphatic rings. The van der Waals surface area contributed by atoms with Gasteiger partial charge in [-0.05, 0) is 25.3 Å². The second kappa shape index (κ2) is 31.4. The minimum atomic E-state index is -4.52. The van der Waals surface area contributed by atoms with Crippen molar-refractivity contribution in [3.8, 4) is 0 Å². The highest BCUT2D eigenvalue weighted by atomic mass is 31.2. The number of phosphoric ester groups is 1. The standard InChI is InChI=1S/C37H74NO7P/c1-6-8-10-12-14-16-18-19-20-21-23-25-27-29-32-42-34-36(35-44-46(40,41)43-33-31-38(3,4)5)45-37(39)30-28-26-24-22-17-15-13-11-9-7-2/h29,32,36H,6-28,30-31,33-35H2,1-5H3/b32-29+/t36-/m1/s1. The van der Waals surface area contributed by atoms with Crippen molar-refractivity contribution in [2.45, 2.75) is 174 Å². The van der Waals surface area contributed by atoms with E-state index in [0.29, 0.717) is 17.4 Å². The summed E-state index contributed by atoms with van der Waals surface area (Å²) in [5.74, 6) is -0.357. The van der Waals surface area contributed by atoms with Crippen molar-refractivity contribution < 1.29 is 37.3 Å². The number of hydrogen-bond acceptors (Lipinski definition) is 7. The monoisotopic (exact) mass is 676 g/mol. The fourth-order valence-corrected chi connectivity index (χ4v) is 5.89. The van der Waals surface area contributed by atoms with Gasteiger partial charge >= 0.3 is 5.97 Å². The molecule has 8 nitrogen and oxygen atoms in total. The van der Waals surface area contributed by atoms with E-state index in [-0.39, 0.29) is 25.8 Å². The van der Waals surface area contributed by atoms with E-state index >= 15 is 0 Å². The highest BCUT2D eigenvalue weighted by Gasteiger charge is 2.20. The molecular weight excluding hydrogens is 601 g/mol. The van der Waals surface area contributed by atoms with Crippen LogP contribution >= 0.6 is 7.82 Å². The van der Waals surface area contributed by atoms with Gasteiger partial charge in [0, 0.05) is 6.42 Å². The Morgan fingerprint density at radius 1 is 0.674 bits per heavy atom. The van der Waals surface area contributed by atoms with Crippen molar-refractivity contribution in [1.82, 2.24) is 0 Å². The molecule has 0 spiro atoms. The smallest absolute Gasteiger partial charge is 0.306 e. The number of allylic oxidation sites excluding steroid dienone is 1. The largest absolute Gasteiger partial charge is 0.756 e. The van der Waals surface area contributed by atoms with Gasteiger partial charge in [-0.2, -0.15) is 0 Å². The third kappa shape index (κ3) is 34.4. The molecule has 0 aliphatic heterocycles. The fourth-order valence-electron chi connectivity index (χ4n) is 5.16. The third-order valence-electron chi connectivity index (χ3n) is 8.16. The second-order valence-corrected chi connectivity index (χ2v) is 15.4. The van der Waals surface area contributed by atoms with E-state index in [4.69, 9.17) is 18.5 Å². The SMILES string of the molecule is CCCCCCCCCCCCCC/C=C/OC[C@H](COP(=O)([O-])OCC[N+](C)(C)C)OC(=O)CCCCCCCCCCCC. The minimum absolute atomic E-state index is 0.0197. The number of carbonyl (C=O) groups excluding carboxylic acids is 1. The van der Waals surface area contributed by atoms with E-state index in [9.17, 15) is 14.3 Å². The van der Waals surface area contributed by atoms with Crippen LogP contribution in [0.15, 0.2) is 12.3 Å². The van der Waals surface area contributed by atoms with Crippen LogP contribution in [0.1, 0.15) is 168 Å². The van der Waals surface area contributed by atoms with Gasteiger partial charge in [0.1, 0.15) is 19.8 Å². The van der Waals surface area contributed by atoms with Gasteiger partial charge in [0.05, 0.1) is 34.0 Å². The van der Waals surface area contributed by atoms with Crippen LogP contribution in [0.2, 0.25) is 0 Å². The molecule has 0 radical (unpaired) electrons. The first-order valence-electron chi connectivity index (χ1n) is 19.0. The molecule has 274 valence electrons. The lowest BCUT2D eigenvalue weighted by Crippen LogP contribution is -2.37. The zero-order valence-corrected chi connectivity index (χ0v) is 31.7. The summed E-state index contributed by atoms with van der Waals surface area (Å²) >= 11 is 0. The maximum absolute atomic E-state index is 12.5. The summed E-state index contributed by atoms with van der Waals surface area (Å²) in [5, 5.41) is 0. The average Bonchev–Trinajstić information content (AvgIpc) is 2.99. The summed E-state index contributed by atoms with van der Waals surface area (Å²) in [7, 11) is 1.33. The Kier molecular flexibility index (Phi) is 30.7. The third-order valence-corrected chi connectivity index (χ3v) is 9.13. The number of likely N-dealkylation sites (N-methyl/N-ethyl adjacent to an activating group) is 1. The number of rotatable bonds is 35. The van der Waals surface area contributed by atoms with Gasteiger partial charge < -0.3 is 27.9 Å². The van der Waals surface area contributed by atoms with E-state index in [1.54, 1.807) is 6.26 Å². The topological polar surface area (TPSA) is 94.1 Å². The first-order valence-corrected chi connectivity index (χ1v) is 20.4. The molecule has 0 saturated carbocycles. The number of phosphoric acid groups is 1. The van der Waals surface area contributed by atoms with Crippen LogP contribution in [0.4, 0.5) is 0 Å². The van der Waals surface area contributed by atoms with Crippen LogP contribution in [-0.2, 0) is 27.9 Å². The van der Waals surface area contributed by atoms with E-state index < -0.39 is 13.9 Å². The Morgan fingerprint density at radius 3 is 1.61 bits per heavy atom. The molecule has 0 aromatic heterocycles. The van der Waals surface area contributed by atoms with Gasteiger partial charge in [0.15, 0.2) is 6.10 Å². The first kappa shape index (κ1) is 45.1. The lowest BCUT2D eigenvalue weighted by molar-refractivity contribution is -0.870. The van der Waals surface area contributed by atoms with Crippen molar-refractivity contribution >= 4 is 13.8 Å². The van der Waals surface area contributed by atoms with Crippen LogP contribution in [0.3, 0.4) is 0 Å². The van der Waals surface area contributed by atoms with E-state index in [2.05, 4.69) is 13.8 Å². The lowest BCUT2D eigenvalue weighted by atomic mass is 10.0. The number of quaternary nitrogens is 1. The van der Waals surface area contributed by atoms with Crippen LogP contribution in [0.25, 0.3) is 0 Å². The van der Waals surface area contributed by atoms with Crippen molar-refractivity contribution in [2.75, 3.05) is 47.5 Å². The highest BCUT2D eigenvalue weighted by molar-refractivity contribution is 7.45. The fraction of sp³-hybridized carbons (Fsp3) is 0.919. The predicted octanol–water partition coefficient (Wildman–Crippen LogP) is 10.0. The molecule has 1 unspecified atom stereocenters. The van der Waals surface area contributed by atoms with Crippen molar-refractivity contribution in [1.29, 1.82) is 0 Å². The Hall–Kier alpha value is -0.920. The number of nitrogens with zero attached hydrogens (tertiary/aromatic N) is 1. The maximum Gasteiger partial charge on any atom is 0.306 e. The lowest BCUT2D eigenvalue weighted by Gasteiger charge is -2.28. The zero-order chi connectivity index (χ0) is 34.2. The zero-order valence-electron chi connectivity index (χ0n) is 30.8. The van der Waals surface area contributed by atoms with Crippen molar-refractivity contribution in [2.24, 2.45) is 0 Å². The molecule has 0 amide bonds. The van der Waals surface area contributed by atoms with Gasteiger partial charge in [0.25, 0.3) is 7.82 Å². The summed E-state index contributed by atoms with van der Waals surface area (Å²) in [6.07, 6.45) is 31.7. The molecule has 0 aromatic carbocycles. The van der Waals surface area contributed by atoms with Crippen LogP contribution < -0.4 is 4.89 Å². The molecule has 0 heterocycles. The molecule has 0 rings (SSSR count). The Labute approximate surface area is 284 Å². The average molecular weight is 676 g/mol. The quantitative estimate of drug-likeness (QED) is 0.0217. The molecule has 46 heavy (non-hydrogen) atoms. The normalized spacial score (nSPS) is 14.0. The number of ether oxygens (including phenoxy) is 2. The van der Waals surface area contributed by atoms with Crippen molar-refractivity contribution in [3.63, 3.8) is 0 Å². The summed E-state index contributed by atoms with van der Waals surface area (Å²) in [6, 6.07) is 0. The Bertz CT molecular complexity index is 756. The van der Waals surface area contributed by atoms with Gasteiger partial charge in [-0.3, -0.25) is 9.36 Å². The number of carbonyl (C=O) groups is 1. The van der Waals surface area contributed by atoms with E-state index in [1.807, 2.05) is 27.2 Å². The summed E-state index contributed by atoms with van der Waals surface area (Å²) in [4.78, 5) is 24.8. The molecule has 0 N–H and O–H groups in total. The summed E-state index contributed by atoms with van der Waals surface area (Å²) in [6.45, 7) is 4.72. The van der Waals surface area contributed by atoms with E-state index in [0.717, 1.165) is 32.1 Å². The first-order chi connectivity index (χ1) is 22.1. The van der Waals surface area contributed by atoms with Crippen LogP contribution in [0.5, 0.6) is 0 Å². The number of unbranched alkanes of at least 4 members (excludes halogenated alkanes) is 21. The van der Waals surface area contributed by atoms with Gasteiger partial charge in [-0.1, -0.05) is 142 Å². The molecule has 0 bridgehead atoms. The molecule has 0 saturated heterocycles. The molecule has 2 atom stereocenters. The second-order valence-electron chi connectivity index (χ2n) is 14.0. The molecule has 0 aromatic rings. The summed E-state index contributed by atoms with van der Waals surface area (Å²) < 4.78 is 34.1. The van der Waals surface area contributed by atoms with Gasteiger partial charge in [-0.25, -0.2) is 0 Å². The van der Waals surface area contributed by atoms with E-state index in [1.165, 1.54) is 116 Å².